The minimum atomic E-state index is -1.09. The number of pyridine rings is 1. The zero-order valence-corrected chi connectivity index (χ0v) is 16.9. The SMILES string of the molecule is Cn1cnc(-c2cc3c(cn2)nnn3COCC[Si](C)(C)C)c1Br. The van der Waals surface area contributed by atoms with Crippen molar-refractivity contribution in [3.63, 3.8) is 0 Å². The van der Waals surface area contributed by atoms with Crippen LogP contribution in [0.5, 0.6) is 0 Å². The van der Waals surface area contributed by atoms with Crippen LogP contribution < -0.4 is 0 Å². The predicted molar refractivity (Wildman–Crippen MR) is 99.3 cm³/mol. The fraction of sp³-hybridized carbons (Fsp3) is 0.467. The van der Waals surface area contributed by atoms with Gasteiger partial charge in [-0.2, -0.15) is 0 Å². The zero-order chi connectivity index (χ0) is 17.3. The minimum Gasteiger partial charge on any atom is -0.359 e. The summed E-state index contributed by atoms with van der Waals surface area (Å²) in [6.45, 7) is 8.16. The van der Waals surface area contributed by atoms with Gasteiger partial charge in [-0.15, -0.1) is 5.10 Å². The summed E-state index contributed by atoms with van der Waals surface area (Å²) in [6.07, 6.45) is 3.47. The van der Waals surface area contributed by atoms with Crippen molar-refractivity contribution in [2.45, 2.75) is 32.4 Å². The first-order valence-corrected chi connectivity index (χ1v) is 12.3. The van der Waals surface area contributed by atoms with E-state index in [0.29, 0.717) is 6.73 Å². The van der Waals surface area contributed by atoms with Crippen molar-refractivity contribution in [2.75, 3.05) is 6.61 Å². The molecule has 0 aliphatic carbocycles. The van der Waals surface area contributed by atoms with Crippen LogP contribution in [0.15, 0.2) is 23.2 Å². The van der Waals surface area contributed by atoms with E-state index >= 15 is 0 Å². The van der Waals surface area contributed by atoms with Crippen LogP contribution in [-0.2, 0) is 18.5 Å². The largest absolute Gasteiger partial charge is 0.359 e. The molecule has 0 N–H and O–H groups in total. The van der Waals surface area contributed by atoms with Gasteiger partial charge in [-0.3, -0.25) is 4.98 Å². The Kier molecular flexibility index (Phi) is 4.84. The van der Waals surface area contributed by atoms with Gasteiger partial charge in [0.2, 0.25) is 0 Å². The molecular weight excluding hydrogens is 388 g/mol. The van der Waals surface area contributed by atoms with Crippen molar-refractivity contribution in [2.24, 2.45) is 7.05 Å². The smallest absolute Gasteiger partial charge is 0.141 e. The highest BCUT2D eigenvalue weighted by Gasteiger charge is 2.14. The normalized spacial score (nSPS) is 12.2. The Bertz CT molecular complexity index is 853. The number of hydrogen-bond donors (Lipinski definition) is 0. The van der Waals surface area contributed by atoms with Crippen molar-refractivity contribution >= 4 is 35.0 Å². The topological polar surface area (TPSA) is 70.7 Å². The first-order valence-electron chi connectivity index (χ1n) is 7.79. The maximum atomic E-state index is 5.78. The molecule has 0 aliphatic rings. The highest BCUT2D eigenvalue weighted by Crippen LogP contribution is 2.26. The fourth-order valence-electron chi connectivity index (χ4n) is 2.21. The van der Waals surface area contributed by atoms with Crippen LogP contribution >= 0.6 is 15.9 Å². The quantitative estimate of drug-likeness (QED) is 0.462. The molecule has 0 amide bonds. The molecule has 3 aromatic rings. The fourth-order valence-corrected chi connectivity index (χ4v) is 3.37. The molecule has 0 spiro atoms. The van der Waals surface area contributed by atoms with Crippen LogP contribution in [0.4, 0.5) is 0 Å². The molecular formula is C15H21BrN6OSi. The number of fused-ring (bicyclic) bond motifs is 1. The summed E-state index contributed by atoms with van der Waals surface area (Å²) in [5, 5.41) is 8.32. The van der Waals surface area contributed by atoms with Crippen LogP contribution in [0.25, 0.3) is 22.4 Å². The second kappa shape index (κ2) is 6.73. The van der Waals surface area contributed by atoms with Gasteiger partial charge in [-0.1, -0.05) is 24.9 Å². The molecule has 0 aliphatic heterocycles. The van der Waals surface area contributed by atoms with E-state index < -0.39 is 8.07 Å². The lowest BCUT2D eigenvalue weighted by Crippen LogP contribution is -2.22. The monoisotopic (exact) mass is 408 g/mol. The Morgan fingerprint density at radius 3 is 2.71 bits per heavy atom. The van der Waals surface area contributed by atoms with Crippen LogP contribution in [-0.4, -0.2) is 44.2 Å². The van der Waals surface area contributed by atoms with Crippen LogP contribution in [0.1, 0.15) is 0 Å². The number of rotatable bonds is 6. The van der Waals surface area contributed by atoms with Gasteiger partial charge in [-0.25, -0.2) is 9.67 Å². The molecule has 0 aromatic carbocycles. The van der Waals surface area contributed by atoms with Gasteiger partial charge in [-0.05, 0) is 28.0 Å². The summed E-state index contributed by atoms with van der Waals surface area (Å²) in [5.41, 5.74) is 3.22. The summed E-state index contributed by atoms with van der Waals surface area (Å²) < 4.78 is 10.3. The third kappa shape index (κ3) is 3.73. The molecule has 128 valence electrons. The van der Waals surface area contributed by atoms with Gasteiger partial charge < -0.3 is 9.30 Å². The van der Waals surface area contributed by atoms with E-state index in [2.05, 4.69) is 55.9 Å². The lowest BCUT2D eigenvalue weighted by molar-refractivity contribution is 0.0803. The van der Waals surface area contributed by atoms with E-state index in [1.807, 2.05) is 17.7 Å². The molecule has 3 rings (SSSR count). The molecule has 3 aromatic heterocycles. The van der Waals surface area contributed by atoms with Gasteiger partial charge in [0.05, 0.1) is 23.7 Å². The maximum Gasteiger partial charge on any atom is 0.141 e. The van der Waals surface area contributed by atoms with E-state index in [1.54, 1.807) is 17.2 Å². The number of aromatic nitrogens is 6. The first kappa shape index (κ1) is 17.2. The zero-order valence-electron chi connectivity index (χ0n) is 14.3. The molecule has 0 unspecified atom stereocenters. The van der Waals surface area contributed by atoms with Gasteiger partial charge in [0.1, 0.15) is 22.5 Å². The molecule has 24 heavy (non-hydrogen) atoms. The summed E-state index contributed by atoms with van der Waals surface area (Å²) in [7, 11) is 0.842. The molecule has 7 nitrogen and oxygen atoms in total. The number of imidazole rings is 1. The highest BCUT2D eigenvalue weighted by molar-refractivity contribution is 9.10. The molecule has 0 fully saturated rings. The Balaban J connectivity index is 1.80. The Hall–Kier alpha value is -1.58. The van der Waals surface area contributed by atoms with Gasteiger partial charge in [0, 0.05) is 21.7 Å². The summed E-state index contributed by atoms with van der Waals surface area (Å²) in [5.74, 6) is 0. The van der Waals surface area contributed by atoms with Crippen molar-refractivity contribution in [1.82, 2.24) is 29.5 Å². The molecule has 3 heterocycles. The number of hydrogen-bond acceptors (Lipinski definition) is 5. The second-order valence-corrected chi connectivity index (χ2v) is 13.4. The first-order chi connectivity index (χ1) is 11.3. The Labute approximate surface area is 150 Å². The van der Waals surface area contributed by atoms with Gasteiger partial charge in [0.25, 0.3) is 0 Å². The molecule has 0 saturated carbocycles. The van der Waals surface area contributed by atoms with Crippen molar-refractivity contribution in [3.8, 4) is 11.4 Å². The van der Waals surface area contributed by atoms with Crippen molar-refractivity contribution < 1.29 is 4.74 Å². The molecule has 0 radical (unpaired) electrons. The van der Waals surface area contributed by atoms with E-state index in [-0.39, 0.29) is 0 Å². The molecule has 0 bridgehead atoms. The second-order valence-electron chi connectivity index (χ2n) is 6.99. The average molecular weight is 409 g/mol. The van der Waals surface area contributed by atoms with E-state index in [4.69, 9.17) is 4.74 Å². The maximum absolute atomic E-state index is 5.78. The van der Waals surface area contributed by atoms with E-state index in [9.17, 15) is 0 Å². The van der Waals surface area contributed by atoms with Crippen LogP contribution in [0.2, 0.25) is 25.7 Å². The summed E-state index contributed by atoms with van der Waals surface area (Å²) >= 11 is 3.53. The highest BCUT2D eigenvalue weighted by atomic mass is 79.9. The number of ether oxygens (including phenoxy) is 1. The standard InChI is InChI=1S/C15H21BrN6OSi/c1-21-9-18-14(15(21)16)11-7-13-12(8-17-11)19-20-22(13)10-23-5-6-24(2,3)4/h7-9H,5-6,10H2,1-4H3. The predicted octanol–water partition coefficient (Wildman–Crippen LogP) is 3.30. The summed E-state index contributed by atoms with van der Waals surface area (Å²) in [4.78, 5) is 8.82. The third-order valence-electron chi connectivity index (χ3n) is 3.72. The van der Waals surface area contributed by atoms with Crippen molar-refractivity contribution in [1.29, 1.82) is 0 Å². The van der Waals surface area contributed by atoms with E-state index in [0.717, 1.165) is 39.7 Å². The molecule has 0 atom stereocenters. The number of nitrogens with zero attached hydrogens (tertiary/aromatic N) is 6. The van der Waals surface area contributed by atoms with Gasteiger partial charge >= 0.3 is 0 Å². The third-order valence-corrected chi connectivity index (χ3v) is 6.36. The van der Waals surface area contributed by atoms with Crippen molar-refractivity contribution in [3.05, 3.63) is 23.2 Å². The minimum absolute atomic E-state index is 0.397. The van der Waals surface area contributed by atoms with Crippen LogP contribution in [0.3, 0.4) is 0 Å². The molecule has 0 saturated heterocycles. The Morgan fingerprint density at radius 1 is 1.25 bits per heavy atom. The van der Waals surface area contributed by atoms with Crippen LogP contribution in [0, 0.1) is 0 Å². The molecule has 9 heteroatoms. The lowest BCUT2D eigenvalue weighted by Gasteiger charge is -2.15. The number of aryl methyl sites for hydroxylation is 1. The van der Waals surface area contributed by atoms with Gasteiger partial charge in [0.15, 0.2) is 0 Å². The summed E-state index contributed by atoms with van der Waals surface area (Å²) in [6, 6.07) is 3.08. The lowest BCUT2D eigenvalue weighted by atomic mass is 10.2. The van der Waals surface area contributed by atoms with E-state index in [1.165, 1.54) is 0 Å². The number of halogens is 1. The average Bonchev–Trinajstić information content (AvgIpc) is 3.07. The Morgan fingerprint density at radius 2 is 2.04 bits per heavy atom.